The molecule has 2 aromatic carbocycles. The van der Waals surface area contributed by atoms with Crippen LogP contribution in [-0.2, 0) is 10.0 Å². The third kappa shape index (κ3) is 4.35. The summed E-state index contributed by atoms with van der Waals surface area (Å²) in [5, 5.41) is 7.59. The van der Waals surface area contributed by atoms with Gasteiger partial charge in [0.1, 0.15) is 5.39 Å². The van der Waals surface area contributed by atoms with Crippen molar-refractivity contribution in [1.82, 2.24) is 24.5 Å². The fourth-order valence-corrected chi connectivity index (χ4v) is 4.56. The van der Waals surface area contributed by atoms with Gasteiger partial charge in [-0.3, -0.25) is 9.78 Å². The predicted molar refractivity (Wildman–Crippen MR) is 119 cm³/mol. The van der Waals surface area contributed by atoms with Crippen LogP contribution in [0.4, 0.5) is 5.95 Å². The normalized spacial score (nSPS) is 11.7. The molecule has 160 valence electrons. The summed E-state index contributed by atoms with van der Waals surface area (Å²) in [4.78, 5) is 19.7. The topological polar surface area (TPSA) is 122 Å². The van der Waals surface area contributed by atoms with Gasteiger partial charge in [-0.25, -0.2) is 17.8 Å². The molecule has 3 N–H and O–H groups in total. The van der Waals surface area contributed by atoms with E-state index in [9.17, 15) is 13.2 Å². The molecule has 0 aliphatic rings. The number of aromatic nitrogens is 4. The first-order valence-electron chi connectivity index (χ1n) is 9.69. The zero-order valence-corrected chi connectivity index (χ0v) is 17.9. The second-order valence-electron chi connectivity index (χ2n) is 7.14. The summed E-state index contributed by atoms with van der Waals surface area (Å²) in [7, 11) is -3.64. The molecule has 0 spiro atoms. The van der Waals surface area contributed by atoms with Crippen LogP contribution in [0.25, 0.3) is 16.7 Å². The summed E-state index contributed by atoms with van der Waals surface area (Å²) in [5.41, 5.74) is 2.41. The lowest BCUT2D eigenvalue weighted by Gasteiger charge is -2.11. The van der Waals surface area contributed by atoms with E-state index < -0.39 is 10.0 Å². The van der Waals surface area contributed by atoms with Crippen molar-refractivity contribution >= 4 is 27.0 Å². The van der Waals surface area contributed by atoms with Crippen LogP contribution < -0.4 is 15.6 Å². The Hall–Kier alpha value is -3.50. The number of rotatable bonds is 7. The average molecular weight is 439 g/mol. The molecule has 4 rings (SSSR count). The molecule has 0 atom stereocenters. The first kappa shape index (κ1) is 20.8. The van der Waals surface area contributed by atoms with Gasteiger partial charge in [0.15, 0.2) is 5.65 Å². The molecule has 31 heavy (non-hydrogen) atoms. The van der Waals surface area contributed by atoms with Gasteiger partial charge in [0.05, 0.1) is 16.8 Å². The van der Waals surface area contributed by atoms with Gasteiger partial charge in [0.25, 0.3) is 5.56 Å². The Morgan fingerprint density at radius 3 is 2.61 bits per heavy atom. The van der Waals surface area contributed by atoms with Crippen LogP contribution >= 0.6 is 0 Å². The van der Waals surface area contributed by atoms with Crippen molar-refractivity contribution in [2.45, 2.75) is 18.7 Å². The van der Waals surface area contributed by atoms with Crippen LogP contribution in [0.2, 0.25) is 0 Å². The molecule has 9 nitrogen and oxygen atoms in total. The van der Waals surface area contributed by atoms with Crippen LogP contribution in [0.15, 0.2) is 64.4 Å². The van der Waals surface area contributed by atoms with Crippen molar-refractivity contribution in [2.75, 3.05) is 18.4 Å². The van der Waals surface area contributed by atoms with Crippen LogP contribution in [0.3, 0.4) is 0 Å². The predicted octanol–water partition coefficient (Wildman–Crippen LogP) is 2.12. The summed E-state index contributed by atoms with van der Waals surface area (Å²) in [6.07, 6.45) is 1.47. The molecule has 0 radical (unpaired) electrons. The Morgan fingerprint density at radius 2 is 1.84 bits per heavy atom. The second kappa shape index (κ2) is 8.32. The van der Waals surface area contributed by atoms with E-state index in [4.69, 9.17) is 0 Å². The summed E-state index contributed by atoms with van der Waals surface area (Å²) in [6.45, 7) is 3.96. The zero-order valence-electron chi connectivity index (χ0n) is 17.1. The van der Waals surface area contributed by atoms with E-state index in [2.05, 4.69) is 25.1 Å². The molecule has 0 aliphatic carbocycles. The number of nitrogens with zero attached hydrogens (tertiary/aromatic N) is 3. The number of aryl methyl sites for hydroxylation is 2. The van der Waals surface area contributed by atoms with Gasteiger partial charge in [-0.1, -0.05) is 30.3 Å². The van der Waals surface area contributed by atoms with Gasteiger partial charge < -0.3 is 5.32 Å². The minimum atomic E-state index is -3.64. The maximum atomic E-state index is 12.6. The molecular weight excluding hydrogens is 416 g/mol. The van der Waals surface area contributed by atoms with Crippen molar-refractivity contribution in [3.8, 4) is 5.69 Å². The molecule has 0 amide bonds. The van der Waals surface area contributed by atoms with E-state index in [1.807, 2.05) is 43.3 Å². The standard InChI is InChI=1S/C21H22N6O3S/c1-14-8-9-15(2)18(12-14)31(29,30)24-11-10-22-21-25-19-17(20(28)26-21)13-23-27(19)16-6-4-3-5-7-16/h3-9,12-13,24H,10-11H2,1-2H3,(H2,22,25,26,28). The van der Waals surface area contributed by atoms with E-state index in [1.54, 1.807) is 23.7 Å². The van der Waals surface area contributed by atoms with Crippen molar-refractivity contribution in [3.63, 3.8) is 0 Å². The SMILES string of the molecule is Cc1ccc(C)c(S(=O)(=O)NCCNc2nc3c(cnn3-c3ccccc3)c(=O)[nH]2)c1. The largest absolute Gasteiger partial charge is 0.354 e. The van der Waals surface area contributed by atoms with Crippen LogP contribution in [-0.4, -0.2) is 41.3 Å². The van der Waals surface area contributed by atoms with Crippen LogP contribution in [0, 0.1) is 13.8 Å². The molecule has 10 heteroatoms. The van der Waals surface area contributed by atoms with Gasteiger partial charge in [-0.15, -0.1) is 0 Å². The van der Waals surface area contributed by atoms with Gasteiger partial charge in [-0.2, -0.15) is 10.1 Å². The maximum absolute atomic E-state index is 12.6. The highest BCUT2D eigenvalue weighted by atomic mass is 32.2. The number of aromatic amines is 1. The fourth-order valence-electron chi connectivity index (χ4n) is 3.20. The Labute approximate surface area is 179 Å². The smallest absolute Gasteiger partial charge is 0.263 e. The van der Waals surface area contributed by atoms with Crippen molar-refractivity contribution in [3.05, 3.63) is 76.2 Å². The van der Waals surface area contributed by atoms with E-state index >= 15 is 0 Å². The lowest BCUT2D eigenvalue weighted by atomic mass is 10.2. The van der Waals surface area contributed by atoms with E-state index in [0.29, 0.717) is 16.6 Å². The molecule has 0 saturated carbocycles. The number of benzene rings is 2. The highest BCUT2D eigenvalue weighted by molar-refractivity contribution is 7.89. The van der Waals surface area contributed by atoms with Gasteiger partial charge >= 0.3 is 0 Å². The Kier molecular flexibility index (Phi) is 5.57. The molecule has 4 aromatic rings. The monoisotopic (exact) mass is 438 g/mol. The van der Waals surface area contributed by atoms with Crippen molar-refractivity contribution in [1.29, 1.82) is 0 Å². The maximum Gasteiger partial charge on any atom is 0.263 e. The highest BCUT2D eigenvalue weighted by Crippen LogP contribution is 2.17. The summed E-state index contributed by atoms with van der Waals surface area (Å²) < 4.78 is 29.3. The number of H-pyrrole nitrogens is 1. The Balaban J connectivity index is 1.48. The lowest BCUT2D eigenvalue weighted by molar-refractivity contribution is 0.582. The minimum Gasteiger partial charge on any atom is -0.354 e. The van der Waals surface area contributed by atoms with Gasteiger partial charge in [0.2, 0.25) is 16.0 Å². The number of nitrogens with one attached hydrogen (secondary N) is 3. The average Bonchev–Trinajstić information content (AvgIpc) is 3.18. The molecule has 0 unspecified atom stereocenters. The Bertz CT molecular complexity index is 1390. The third-order valence-corrected chi connectivity index (χ3v) is 6.38. The minimum absolute atomic E-state index is 0.120. The molecular formula is C21H22N6O3S. The van der Waals surface area contributed by atoms with Crippen molar-refractivity contribution < 1.29 is 8.42 Å². The number of hydrogen-bond donors (Lipinski definition) is 3. The molecule has 2 heterocycles. The lowest BCUT2D eigenvalue weighted by Crippen LogP contribution is -2.30. The molecule has 0 aliphatic heterocycles. The van der Waals surface area contributed by atoms with Gasteiger partial charge in [0, 0.05) is 13.1 Å². The van der Waals surface area contributed by atoms with E-state index in [0.717, 1.165) is 11.3 Å². The second-order valence-corrected chi connectivity index (χ2v) is 8.87. The number of fused-ring (bicyclic) bond motifs is 1. The molecule has 0 bridgehead atoms. The fraction of sp³-hybridized carbons (Fsp3) is 0.190. The summed E-state index contributed by atoms with van der Waals surface area (Å²) in [5.74, 6) is 0.237. The number of hydrogen-bond acceptors (Lipinski definition) is 6. The van der Waals surface area contributed by atoms with E-state index in [-0.39, 0.29) is 29.5 Å². The summed E-state index contributed by atoms with van der Waals surface area (Å²) >= 11 is 0. The molecule has 0 saturated heterocycles. The Morgan fingerprint density at radius 1 is 1.06 bits per heavy atom. The number of para-hydroxylation sites is 1. The highest BCUT2D eigenvalue weighted by Gasteiger charge is 2.16. The summed E-state index contributed by atoms with van der Waals surface area (Å²) in [6, 6.07) is 14.7. The van der Waals surface area contributed by atoms with E-state index in [1.165, 1.54) is 6.20 Å². The number of sulfonamides is 1. The molecule has 2 aromatic heterocycles. The van der Waals surface area contributed by atoms with Crippen LogP contribution in [0.1, 0.15) is 11.1 Å². The first-order valence-corrected chi connectivity index (χ1v) is 11.2. The van der Waals surface area contributed by atoms with Crippen LogP contribution in [0.5, 0.6) is 0 Å². The quantitative estimate of drug-likeness (QED) is 0.380. The first-order chi connectivity index (χ1) is 14.8. The molecule has 0 fully saturated rings. The zero-order chi connectivity index (χ0) is 22.0. The van der Waals surface area contributed by atoms with Gasteiger partial charge in [-0.05, 0) is 43.2 Å². The third-order valence-electron chi connectivity index (χ3n) is 4.78. The van der Waals surface area contributed by atoms with Crippen molar-refractivity contribution in [2.24, 2.45) is 0 Å². The number of anilines is 1.